The van der Waals surface area contributed by atoms with E-state index in [1.165, 1.54) is 0 Å². The number of carbonyl (C=O) groups is 2. The van der Waals surface area contributed by atoms with E-state index in [1.807, 2.05) is 52.0 Å². The molecule has 5 heteroatoms. The van der Waals surface area contributed by atoms with Crippen LogP contribution in [0.15, 0.2) is 28.7 Å². The monoisotopic (exact) mass is 380 g/mol. The Kier molecular flexibility index (Phi) is 5.50. The first-order valence-corrected chi connectivity index (χ1v) is 8.86. The highest BCUT2D eigenvalue weighted by Gasteiger charge is 2.38. The van der Waals surface area contributed by atoms with Crippen LogP contribution in [-0.4, -0.2) is 29.3 Å². The summed E-state index contributed by atoms with van der Waals surface area (Å²) >= 11 is 3.45. The van der Waals surface area contributed by atoms with Crippen molar-refractivity contribution in [1.29, 1.82) is 0 Å². The molecular weight excluding hydrogens is 356 g/mol. The van der Waals surface area contributed by atoms with Gasteiger partial charge in [-0.2, -0.15) is 0 Å². The van der Waals surface area contributed by atoms with Crippen molar-refractivity contribution in [3.63, 3.8) is 0 Å². The molecule has 1 aromatic carbocycles. The lowest BCUT2D eigenvalue weighted by Gasteiger charge is -2.31. The predicted molar refractivity (Wildman–Crippen MR) is 94.9 cm³/mol. The second-order valence-electron chi connectivity index (χ2n) is 7.19. The number of hydrogen-bond acceptors (Lipinski definition) is 2. The minimum atomic E-state index is -0.460. The molecule has 0 saturated carbocycles. The molecule has 1 aromatic rings. The third-order valence-corrected chi connectivity index (χ3v) is 4.66. The van der Waals surface area contributed by atoms with Crippen molar-refractivity contribution in [2.24, 2.45) is 5.41 Å². The smallest absolute Gasteiger partial charge is 0.243 e. The molecule has 1 aliphatic heterocycles. The highest BCUT2D eigenvalue weighted by Crippen LogP contribution is 2.26. The van der Waals surface area contributed by atoms with Crippen LogP contribution in [0.25, 0.3) is 0 Å². The fourth-order valence-electron chi connectivity index (χ4n) is 2.88. The van der Waals surface area contributed by atoms with Gasteiger partial charge in [0.2, 0.25) is 11.8 Å². The second kappa shape index (κ2) is 7.04. The van der Waals surface area contributed by atoms with Gasteiger partial charge in [0, 0.05) is 16.4 Å². The van der Waals surface area contributed by atoms with Gasteiger partial charge in [0.25, 0.3) is 0 Å². The number of nitrogens with zero attached hydrogens (tertiary/aromatic N) is 1. The lowest BCUT2D eigenvalue weighted by atomic mass is 9.94. The lowest BCUT2D eigenvalue weighted by molar-refractivity contribution is -0.144. The van der Waals surface area contributed by atoms with Crippen LogP contribution in [0.3, 0.4) is 0 Å². The highest BCUT2D eigenvalue weighted by molar-refractivity contribution is 9.10. The summed E-state index contributed by atoms with van der Waals surface area (Å²) in [5, 5.41) is 3.05. The molecule has 1 heterocycles. The number of amides is 2. The summed E-state index contributed by atoms with van der Waals surface area (Å²) in [6.07, 6.45) is 1.62. The fourth-order valence-corrected chi connectivity index (χ4v) is 3.30. The molecule has 0 aliphatic carbocycles. The van der Waals surface area contributed by atoms with Gasteiger partial charge in [0.1, 0.15) is 6.04 Å². The Hall–Kier alpha value is -1.36. The summed E-state index contributed by atoms with van der Waals surface area (Å²) in [7, 11) is 0. The van der Waals surface area contributed by atoms with Gasteiger partial charge in [-0.1, -0.05) is 48.8 Å². The zero-order valence-electron chi connectivity index (χ0n) is 14.2. The van der Waals surface area contributed by atoms with Crippen LogP contribution in [0.1, 0.15) is 52.1 Å². The van der Waals surface area contributed by atoms with E-state index in [9.17, 15) is 9.59 Å². The van der Waals surface area contributed by atoms with E-state index in [0.717, 1.165) is 22.9 Å². The van der Waals surface area contributed by atoms with E-state index < -0.39 is 5.41 Å². The lowest BCUT2D eigenvalue weighted by Crippen LogP contribution is -2.49. The molecule has 0 bridgehead atoms. The molecule has 0 spiro atoms. The fraction of sp³-hybridized carbons (Fsp3) is 0.556. The van der Waals surface area contributed by atoms with E-state index >= 15 is 0 Å². The van der Waals surface area contributed by atoms with Crippen molar-refractivity contribution in [2.45, 2.75) is 52.6 Å². The molecule has 1 saturated heterocycles. The zero-order valence-corrected chi connectivity index (χ0v) is 15.8. The van der Waals surface area contributed by atoms with Crippen molar-refractivity contribution in [3.05, 3.63) is 34.3 Å². The molecule has 2 amide bonds. The number of hydrogen-bond donors (Lipinski definition) is 1. The predicted octanol–water partition coefficient (Wildman–Crippen LogP) is 3.66. The third-order valence-electron chi connectivity index (χ3n) is 4.17. The number of carbonyl (C=O) groups excluding carboxylic acids is 2. The summed E-state index contributed by atoms with van der Waals surface area (Å²) in [5.41, 5.74) is 0.582. The van der Waals surface area contributed by atoms with Crippen molar-refractivity contribution in [2.75, 3.05) is 6.54 Å². The zero-order chi connectivity index (χ0) is 17.2. The van der Waals surface area contributed by atoms with E-state index in [1.54, 1.807) is 4.90 Å². The van der Waals surface area contributed by atoms with E-state index in [2.05, 4.69) is 21.2 Å². The summed E-state index contributed by atoms with van der Waals surface area (Å²) < 4.78 is 0.988. The van der Waals surface area contributed by atoms with Gasteiger partial charge in [-0.15, -0.1) is 0 Å². The molecule has 0 aromatic heterocycles. The molecule has 2 rings (SSSR count). The number of likely N-dealkylation sites (tertiary alicyclic amines) is 1. The maximum Gasteiger partial charge on any atom is 0.243 e. The molecule has 4 nitrogen and oxygen atoms in total. The van der Waals surface area contributed by atoms with Gasteiger partial charge in [-0.25, -0.2) is 0 Å². The van der Waals surface area contributed by atoms with Gasteiger partial charge < -0.3 is 10.2 Å². The Morgan fingerprint density at radius 1 is 1.35 bits per heavy atom. The van der Waals surface area contributed by atoms with Crippen molar-refractivity contribution >= 4 is 27.7 Å². The van der Waals surface area contributed by atoms with E-state index in [0.29, 0.717) is 6.54 Å². The Morgan fingerprint density at radius 3 is 2.65 bits per heavy atom. The first kappa shape index (κ1) is 18.0. The largest absolute Gasteiger partial charge is 0.348 e. The van der Waals surface area contributed by atoms with Crippen LogP contribution in [0.4, 0.5) is 0 Å². The van der Waals surface area contributed by atoms with Gasteiger partial charge in [0.15, 0.2) is 0 Å². The van der Waals surface area contributed by atoms with Gasteiger partial charge >= 0.3 is 0 Å². The molecule has 126 valence electrons. The quantitative estimate of drug-likeness (QED) is 0.869. The molecule has 1 fully saturated rings. The molecule has 1 aliphatic rings. The topological polar surface area (TPSA) is 49.4 Å². The van der Waals surface area contributed by atoms with Crippen LogP contribution < -0.4 is 5.32 Å². The van der Waals surface area contributed by atoms with E-state index in [4.69, 9.17) is 0 Å². The summed E-state index contributed by atoms with van der Waals surface area (Å²) in [6, 6.07) is 7.45. The Bertz CT molecular complexity index is 595. The van der Waals surface area contributed by atoms with Crippen LogP contribution >= 0.6 is 15.9 Å². The highest BCUT2D eigenvalue weighted by atomic mass is 79.9. The summed E-state index contributed by atoms with van der Waals surface area (Å²) in [6.45, 7) is 8.32. The molecule has 2 atom stereocenters. The Labute approximate surface area is 146 Å². The molecule has 0 radical (unpaired) electrons. The molecular formula is C18H25BrN2O2. The number of rotatable bonds is 3. The Morgan fingerprint density at radius 2 is 2.04 bits per heavy atom. The molecule has 0 unspecified atom stereocenters. The number of nitrogens with one attached hydrogen (secondary N) is 1. The minimum Gasteiger partial charge on any atom is -0.348 e. The number of benzene rings is 1. The van der Waals surface area contributed by atoms with Crippen LogP contribution in [-0.2, 0) is 9.59 Å². The Balaban J connectivity index is 2.06. The minimum absolute atomic E-state index is 0.0465. The van der Waals surface area contributed by atoms with Gasteiger partial charge in [0.05, 0.1) is 6.04 Å². The van der Waals surface area contributed by atoms with Gasteiger partial charge in [-0.05, 0) is 37.5 Å². The normalized spacial score (nSPS) is 19.5. The van der Waals surface area contributed by atoms with Crippen molar-refractivity contribution in [3.8, 4) is 0 Å². The maximum absolute atomic E-state index is 12.6. The first-order valence-electron chi connectivity index (χ1n) is 8.07. The van der Waals surface area contributed by atoms with Crippen LogP contribution in [0, 0.1) is 5.41 Å². The average Bonchev–Trinajstić information content (AvgIpc) is 2.94. The summed E-state index contributed by atoms with van der Waals surface area (Å²) in [5.74, 6) is -0.0159. The van der Waals surface area contributed by atoms with Crippen molar-refractivity contribution < 1.29 is 9.59 Å². The standard InChI is InChI=1S/C18H25BrN2O2/c1-12(13-7-5-8-14(19)11-13)20-16(22)15-9-6-10-21(15)17(23)18(2,3)4/h5,7-8,11-12,15H,6,9-10H2,1-4H3,(H,20,22)/t12-,15-/m1/s1. The average molecular weight is 381 g/mol. The van der Waals surface area contributed by atoms with E-state index in [-0.39, 0.29) is 23.9 Å². The molecule has 1 N–H and O–H groups in total. The third kappa shape index (κ3) is 4.34. The van der Waals surface area contributed by atoms with Crippen molar-refractivity contribution in [1.82, 2.24) is 10.2 Å². The van der Waals surface area contributed by atoms with Crippen LogP contribution in [0.2, 0.25) is 0 Å². The second-order valence-corrected chi connectivity index (χ2v) is 8.11. The summed E-state index contributed by atoms with van der Waals surface area (Å²) in [4.78, 5) is 26.9. The number of halogens is 1. The van der Waals surface area contributed by atoms with Crippen LogP contribution in [0.5, 0.6) is 0 Å². The first-order chi connectivity index (χ1) is 10.7. The van der Waals surface area contributed by atoms with Gasteiger partial charge in [-0.3, -0.25) is 9.59 Å². The SMILES string of the molecule is C[C@@H](NC(=O)[C@H]1CCCN1C(=O)C(C)(C)C)c1cccc(Br)c1. The molecule has 23 heavy (non-hydrogen) atoms. The maximum atomic E-state index is 12.6.